The summed E-state index contributed by atoms with van der Waals surface area (Å²) in [5.74, 6) is 0.693. The van der Waals surface area contributed by atoms with Crippen molar-refractivity contribution in [2.45, 2.75) is 48.9 Å². The van der Waals surface area contributed by atoms with Crippen molar-refractivity contribution in [1.82, 2.24) is 10.2 Å². The molecule has 1 aromatic heterocycles. The van der Waals surface area contributed by atoms with E-state index >= 15 is 0 Å². The Morgan fingerprint density at radius 3 is 2.71 bits per heavy atom. The van der Waals surface area contributed by atoms with E-state index in [4.69, 9.17) is 5.11 Å². The molecule has 0 aliphatic heterocycles. The number of thioether (sulfide) groups is 1. The molecule has 0 spiro atoms. The molecule has 0 bridgehead atoms. The zero-order valence-corrected chi connectivity index (χ0v) is 11.5. The molecule has 17 heavy (non-hydrogen) atoms. The van der Waals surface area contributed by atoms with Gasteiger partial charge >= 0.3 is 0 Å². The van der Waals surface area contributed by atoms with E-state index < -0.39 is 0 Å². The molecule has 0 aromatic carbocycles. The molecule has 1 aliphatic carbocycles. The van der Waals surface area contributed by atoms with Gasteiger partial charge in [-0.1, -0.05) is 48.8 Å². The van der Waals surface area contributed by atoms with Crippen molar-refractivity contribution in [2.24, 2.45) is 0 Å². The number of nitrogens with zero attached hydrogens (tertiary/aromatic N) is 2. The third-order valence-corrected chi connectivity index (χ3v) is 4.87. The number of hydrogen-bond donors (Lipinski definition) is 2. The fraction of sp³-hybridized carbons (Fsp3) is 0.818. The minimum absolute atomic E-state index is 0.190. The third-order valence-electron chi connectivity index (χ3n) is 2.91. The summed E-state index contributed by atoms with van der Waals surface area (Å²) < 4.78 is 0.940. The van der Waals surface area contributed by atoms with Gasteiger partial charge in [-0.25, -0.2) is 0 Å². The van der Waals surface area contributed by atoms with Crippen LogP contribution in [0.4, 0.5) is 5.13 Å². The van der Waals surface area contributed by atoms with Crippen LogP contribution in [0.5, 0.6) is 0 Å². The molecule has 96 valence electrons. The number of anilines is 1. The minimum atomic E-state index is 0.190. The van der Waals surface area contributed by atoms with Gasteiger partial charge in [0.05, 0.1) is 6.61 Å². The number of hydrogen-bond acceptors (Lipinski definition) is 6. The molecule has 1 saturated carbocycles. The first-order chi connectivity index (χ1) is 8.38. The highest BCUT2D eigenvalue weighted by molar-refractivity contribution is 8.01. The predicted molar refractivity (Wildman–Crippen MR) is 72.8 cm³/mol. The Bertz CT molecular complexity index is 324. The lowest BCUT2D eigenvalue weighted by atomic mass is 10.1. The highest BCUT2D eigenvalue weighted by atomic mass is 32.2. The van der Waals surface area contributed by atoms with Gasteiger partial charge in [0.1, 0.15) is 0 Å². The number of aliphatic hydroxyl groups is 1. The molecule has 1 fully saturated rings. The Kier molecular flexibility index (Phi) is 5.54. The molecule has 2 rings (SSSR count). The zero-order valence-electron chi connectivity index (χ0n) is 9.89. The minimum Gasteiger partial charge on any atom is -0.396 e. The van der Waals surface area contributed by atoms with E-state index in [-0.39, 0.29) is 6.61 Å². The lowest BCUT2D eigenvalue weighted by Crippen LogP contribution is -2.17. The van der Waals surface area contributed by atoms with Gasteiger partial charge < -0.3 is 10.4 Å². The van der Waals surface area contributed by atoms with Crippen LogP contribution >= 0.6 is 23.1 Å². The summed E-state index contributed by atoms with van der Waals surface area (Å²) in [6.07, 6.45) is 7.88. The fourth-order valence-electron chi connectivity index (χ4n) is 2.06. The second-order valence-corrected chi connectivity index (χ2v) is 6.60. The normalized spacial score (nSPS) is 17.9. The van der Waals surface area contributed by atoms with Crippen molar-refractivity contribution in [1.29, 1.82) is 0 Å². The van der Waals surface area contributed by atoms with Gasteiger partial charge in [0.25, 0.3) is 0 Å². The first kappa shape index (κ1) is 13.1. The van der Waals surface area contributed by atoms with Crippen LogP contribution in [0.15, 0.2) is 4.34 Å². The first-order valence-corrected chi connectivity index (χ1v) is 8.02. The molecule has 1 aliphatic rings. The SMILES string of the molecule is OCCSc1nnc(NC2CCCCCC2)s1. The molecule has 1 aromatic rings. The van der Waals surface area contributed by atoms with E-state index in [9.17, 15) is 0 Å². The van der Waals surface area contributed by atoms with Crippen molar-refractivity contribution >= 4 is 28.2 Å². The number of nitrogens with one attached hydrogen (secondary N) is 1. The molecule has 0 atom stereocenters. The van der Waals surface area contributed by atoms with Gasteiger partial charge in [0.2, 0.25) is 5.13 Å². The highest BCUT2D eigenvalue weighted by Gasteiger charge is 2.14. The maximum absolute atomic E-state index is 8.75. The number of aromatic nitrogens is 2. The molecule has 0 unspecified atom stereocenters. The van der Waals surface area contributed by atoms with Gasteiger partial charge in [-0.05, 0) is 12.8 Å². The molecular weight excluding hydrogens is 254 g/mol. The van der Waals surface area contributed by atoms with E-state index in [0.29, 0.717) is 11.8 Å². The van der Waals surface area contributed by atoms with Gasteiger partial charge in [0.15, 0.2) is 4.34 Å². The molecule has 0 saturated heterocycles. The van der Waals surface area contributed by atoms with Crippen LogP contribution in [0.2, 0.25) is 0 Å². The molecule has 4 nitrogen and oxygen atoms in total. The maximum Gasteiger partial charge on any atom is 0.206 e. The smallest absolute Gasteiger partial charge is 0.206 e. The Hall–Kier alpha value is -0.330. The topological polar surface area (TPSA) is 58.0 Å². The van der Waals surface area contributed by atoms with Crippen LogP contribution in [-0.4, -0.2) is 33.7 Å². The number of aliphatic hydroxyl groups excluding tert-OH is 1. The highest BCUT2D eigenvalue weighted by Crippen LogP contribution is 2.27. The average Bonchev–Trinajstić information content (AvgIpc) is 2.61. The summed E-state index contributed by atoms with van der Waals surface area (Å²) in [5.41, 5.74) is 0. The summed E-state index contributed by atoms with van der Waals surface area (Å²) in [4.78, 5) is 0. The standard InChI is InChI=1S/C11H19N3OS2/c15-7-8-16-11-14-13-10(17-11)12-9-5-3-1-2-4-6-9/h9,15H,1-8H2,(H,12,13). The van der Waals surface area contributed by atoms with Gasteiger partial charge in [-0.3, -0.25) is 0 Å². The van der Waals surface area contributed by atoms with E-state index in [1.165, 1.54) is 38.5 Å². The van der Waals surface area contributed by atoms with E-state index in [1.807, 2.05) is 0 Å². The molecule has 1 heterocycles. The van der Waals surface area contributed by atoms with Crippen LogP contribution < -0.4 is 5.32 Å². The second kappa shape index (κ2) is 7.18. The Balaban J connectivity index is 1.82. The molecule has 0 amide bonds. The van der Waals surface area contributed by atoms with Crippen molar-refractivity contribution in [3.05, 3.63) is 0 Å². The quantitative estimate of drug-likeness (QED) is 0.638. The Labute approximate surface area is 110 Å². The Morgan fingerprint density at radius 2 is 2.00 bits per heavy atom. The summed E-state index contributed by atoms with van der Waals surface area (Å²) >= 11 is 3.15. The maximum atomic E-state index is 8.75. The monoisotopic (exact) mass is 273 g/mol. The van der Waals surface area contributed by atoms with E-state index in [0.717, 1.165) is 9.47 Å². The van der Waals surface area contributed by atoms with E-state index in [2.05, 4.69) is 15.5 Å². The van der Waals surface area contributed by atoms with Crippen molar-refractivity contribution in [2.75, 3.05) is 17.7 Å². The number of rotatable bonds is 5. The second-order valence-electron chi connectivity index (χ2n) is 4.28. The summed E-state index contributed by atoms with van der Waals surface area (Å²) in [7, 11) is 0. The molecule has 6 heteroatoms. The van der Waals surface area contributed by atoms with Crippen LogP contribution in [0.3, 0.4) is 0 Å². The van der Waals surface area contributed by atoms with Crippen molar-refractivity contribution in [3.63, 3.8) is 0 Å². The van der Waals surface area contributed by atoms with Crippen LogP contribution in [0, 0.1) is 0 Å². The zero-order chi connectivity index (χ0) is 11.9. The van der Waals surface area contributed by atoms with Gasteiger partial charge in [-0.15, -0.1) is 10.2 Å². The fourth-order valence-corrected chi connectivity index (χ4v) is 3.70. The van der Waals surface area contributed by atoms with Gasteiger partial charge in [-0.2, -0.15) is 0 Å². The van der Waals surface area contributed by atoms with Crippen molar-refractivity contribution < 1.29 is 5.11 Å². The lowest BCUT2D eigenvalue weighted by Gasteiger charge is -2.14. The van der Waals surface area contributed by atoms with E-state index in [1.54, 1.807) is 23.1 Å². The summed E-state index contributed by atoms with van der Waals surface area (Å²) in [6.45, 7) is 0.190. The predicted octanol–water partition coefficient (Wildman–Crippen LogP) is 2.76. The molecule has 2 N–H and O–H groups in total. The van der Waals surface area contributed by atoms with Crippen molar-refractivity contribution in [3.8, 4) is 0 Å². The first-order valence-electron chi connectivity index (χ1n) is 6.22. The van der Waals surface area contributed by atoms with Crippen LogP contribution in [0.25, 0.3) is 0 Å². The average molecular weight is 273 g/mol. The largest absolute Gasteiger partial charge is 0.396 e. The Morgan fingerprint density at radius 1 is 1.24 bits per heavy atom. The van der Waals surface area contributed by atoms with Crippen LogP contribution in [0.1, 0.15) is 38.5 Å². The van der Waals surface area contributed by atoms with Crippen LogP contribution in [-0.2, 0) is 0 Å². The molecule has 0 radical (unpaired) electrons. The third kappa shape index (κ3) is 4.44. The van der Waals surface area contributed by atoms with Gasteiger partial charge in [0, 0.05) is 11.8 Å². The lowest BCUT2D eigenvalue weighted by molar-refractivity contribution is 0.322. The summed E-state index contributed by atoms with van der Waals surface area (Å²) in [6, 6.07) is 0.571. The molecular formula is C11H19N3OS2. The summed E-state index contributed by atoms with van der Waals surface area (Å²) in [5, 5.41) is 21.4.